The zero-order chi connectivity index (χ0) is 19.0. The van der Waals surface area contributed by atoms with Crippen molar-refractivity contribution in [2.75, 3.05) is 5.32 Å². The first-order valence-electron chi connectivity index (χ1n) is 8.64. The number of rotatable bonds is 4. The van der Waals surface area contributed by atoms with Gasteiger partial charge in [0.1, 0.15) is 5.69 Å². The Kier molecular flexibility index (Phi) is 4.46. The topological polar surface area (TPSA) is 51.9 Å². The zero-order valence-corrected chi connectivity index (χ0v) is 15.9. The summed E-state index contributed by atoms with van der Waals surface area (Å²) in [5, 5.41) is 8.87. The van der Waals surface area contributed by atoms with Crippen LogP contribution >= 0.6 is 11.6 Å². The maximum atomic E-state index is 12.7. The molecule has 0 aliphatic carbocycles. The number of hydrogen-bond acceptors (Lipinski definition) is 2. The second-order valence-corrected chi connectivity index (χ2v) is 7.09. The number of benzene rings is 2. The van der Waals surface area contributed by atoms with Crippen molar-refractivity contribution in [1.29, 1.82) is 0 Å². The number of carbonyl (C=O) groups excluding carboxylic acids is 1. The van der Waals surface area contributed by atoms with Crippen LogP contribution in [0, 0.1) is 6.92 Å². The first kappa shape index (κ1) is 17.4. The number of halogens is 1. The van der Waals surface area contributed by atoms with Gasteiger partial charge in [-0.1, -0.05) is 47.5 Å². The van der Waals surface area contributed by atoms with E-state index in [2.05, 4.69) is 41.6 Å². The summed E-state index contributed by atoms with van der Waals surface area (Å²) < 4.78 is 3.65. The highest BCUT2D eigenvalue weighted by molar-refractivity contribution is 6.31. The number of carbonyl (C=O) groups is 1. The van der Waals surface area contributed by atoms with Gasteiger partial charge in [0, 0.05) is 29.2 Å². The molecule has 5 nitrogen and oxygen atoms in total. The number of hydrogen-bond donors (Lipinski definition) is 1. The predicted molar refractivity (Wildman–Crippen MR) is 108 cm³/mol. The van der Waals surface area contributed by atoms with Crippen molar-refractivity contribution >= 4 is 34.1 Å². The van der Waals surface area contributed by atoms with E-state index in [1.165, 1.54) is 5.56 Å². The third-order valence-electron chi connectivity index (χ3n) is 4.60. The fourth-order valence-corrected chi connectivity index (χ4v) is 3.28. The van der Waals surface area contributed by atoms with Gasteiger partial charge in [-0.05, 0) is 30.7 Å². The van der Waals surface area contributed by atoms with Crippen LogP contribution in [0.15, 0.2) is 60.9 Å². The van der Waals surface area contributed by atoms with Crippen LogP contribution in [-0.4, -0.2) is 20.3 Å². The molecule has 136 valence electrons. The van der Waals surface area contributed by atoms with E-state index in [4.69, 9.17) is 11.6 Å². The van der Waals surface area contributed by atoms with E-state index in [-0.39, 0.29) is 5.91 Å². The van der Waals surface area contributed by atoms with Gasteiger partial charge in [0.15, 0.2) is 0 Å². The Morgan fingerprint density at radius 1 is 1.15 bits per heavy atom. The van der Waals surface area contributed by atoms with Gasteiger partial charge in [0.05, 0.1) is 18.4 Å². The molecule has 4 rings (SSSR count). The number of nitrogens with zero attached hydrogens (tertiary/aromatic N) is 3. The lowest BCUT2D eigenvalue weighted by Gasteiger charge is -2.05. The largest absolute Gasteiger partial charge is 0.340 e. The molecule has 2 heterocycles. The Labute approximate surface area is 162 Å². The molecule has 0 aliphatic rings. The van der Waals surface area contributed by atoms with E-state index in [0.29, 0.717) is 22.9 Å². The van der Waals surface area contributed by atoms with Crippen molar-refractivity contribution in [2.24, 2.45) is 7.05 Å². The molecule has 6 heteroatoms. The molecule has 0 saturated carbocycles. The van der Waals surface area contributed by atoms with Gasteiger partial charge in [-0.3, -0.25) is 9.48 Å². The van der Waals surface area contributed by atoms with Crippen LogP contribution < -0.4 is 5.32 Å². The number of aromatic nitrogens is 3. The van der Waals surface area contributed by atoms with Crippen molar-refractivity contribution < 1.29 is 4.79 Å². The lowest BCUT2D eigenvalue weighted by Crippen LogP contribution is -2.15. The highest BCUT2D eigenvalue weighted by Gasteiger charge is 2.14. The maximum absolute atomic E-state index is 12.7. The molecular weight excluding hydrogens is 360 g/mol. The summed E-state index contributed by atoms with van der Waals surface area (Å²) in [7, 11) is 1.86. The minimum Gasteiger partial charge on any atom is -0.340 e. The summed E-state index contributed by atoms with van der Waals surface area (Å²) >= 11 is 6.06. The minimum absolute atomic E-state index is 0.181. The maximum Gasteiger partial charge on any atom is 0.272 e. The Bertz CT molecular complexity index is 1130. The molecule has 0 fully saturated rings. The molecule has 0 unspecified atom stereocenters. The van der Waals surface area contributed by atoms with Crippen LogP contribution in [0.2, 0.25) is 5.02 Å². The van der Waals surface area contributed by atoms with Crippen molar-refractivity contribution in [3.05, 3.63) is 82.8 Å². The van der Waals surface area contributed by atoms with Crippen molar-refractivity contribution in [3.8, 4) is 0 Å². The fraction of sp³-hybridized carbons (Fsp3) is 0.143. The van der Waals surface area contributed by atoms with E-state index in [0.717, 1.165) is 16.5 Å². The third-order valence-corrected chi connectivity index (χ3v) is 4.83. The molecule has 0 bridgehead atoms. The quantitative estimate of drug-likeness (QED) is 0.562. The summed E-state index contributed by atoms with van der Waals surface area (Å²) in [6.45, 7) is 2.72. The van der Waals surface area contributed by atoms with Gasteiger partial charge in [0.25, 0.3) is 5.91 Å². The van der Waals surface area contributed by atoms with E-state index in [1.54, 1.807) is 6.20 Å². The second-order valence-electron chi connectivity index (χ2n) is 6.66. The molecule has 0 aliphatic heterocycles. The average Bonchev–Trinajstić information content (AvgIpc) is 3.21. The molecule has 0 atom stereocenters. The van der Waals surface area contributed by atoms with E-state index in [1.807, 2.05) is 46.8 Å². The third kappa shape index (κ3) is 3.59. The average molecular weight is 379 g/mol. The lowest BCUT2D eigenvalue weighted by molar-refractivity contribution is 0.101. The van der Waals surface area contributed by atoms with Crippen molar-refractivity contribution in [1.82, 2.24) is 14.3 Å². The number of anilines is 1. The number of amides is 1. The van der Waals surface area contributed by atoms with Crippen LogP contribution in [-0.2, 0) is 13.6 Å². The summed E-state index contributed by atoms with van der Waals surface area (Å²) in [6, 6.07) is 15.8. The first-order chi connectivity index (χ1) is 13.0. The molecule has 0 saturated heterocycles. The van der Waals surface area contributed by atoms with Gasteiger partial charge >= 0.3 is 0 Å². The summed E-state index contributed by atoms with van der Waals surface area (Å²) in [4.78, 5) is 12.7. The van der Waals surface area contributed by atoms with Crippen LogP contribution in [0.1, 0.15) is 21.6 Å². The Balaban J connectivity index is 1.51. The molecule has 1 N–H and O–H groups in total. The van der Waals surface area contributed by atoms with E-state index in [9.17, 15) is 4.79 Å². The van der Waals surface area contributed by atoms with Crippen molar-refractivity contribution in [2.45, 2.75) is 13.5 Å². The number of aryl methyl sites for hydroxylation is 2. The standard InChI is InChI=1S/C21H19ClN4O/c1-14-3-5-15(6-4-14)12-26-13-18(11-23-26)24-21(27)20-9-16-7-8-17(22)10-19(16)25(20)2/h3-11,13H,12H2,1-2H3,(H,24,27). The highest BCUT2D eigenvalue weighted by atomic mass is 35.5. The van der Waals surface area contributed by atoms with Gasteiger partial charge < -0.3 is 9.88 Å². The van der Waals surface area contributed by atoms with Gasteiger partial charge in [-0.2, -0.15) is 5.10 Å². The fourth-order valence-electron chi connectivity index (χ4n) is 3.11. The molecule has 2 aromatic carbocycles. The number of fused-ring (bicyclic) bond motifs is 1. The first-order valence-corrected chi connectivity index (χ1v) is 9.02. The van der Waals surface area contributed by atoms with E-state index >= 15 is 0 Å². The minimum atomic E-state index is -0.181. The summed E-state index contributed by atoms with van der Waals surface area (Å²) in [5.74, 6) is -0.181. The predicted octanol–water partition coefficient (Wildman–Crippen LogP) is 4.64. The molecule has 27 heavy (non-hydrogen) atoms. The normalized spacial score (nSPS) is 11.1. The summed E-state index contributed by atoms with van der Waals surface area (Å²) in [6.07, 6.45) is 3.49. The van der Waals surface area contributed by atoms with Gasteiger partial charge in [-0.15, -0.1) is 0 Å². The Morgan fingerprint density at radius 3 is 2.70 bits per heavy atom. The van der Waals surface area contributed by atoms with Crippen molar-refractivity contribution in [3.63, 3.8) is 0 Å². The van der Waals surface area contributed by atoms with Crippen LogP contribution in [0.25, 0.3) is 10.9 Å². The zero-order valence-electron chi connectivity index (χ0n) is 15.1. The summed E-state index contributed by atoms with van der Waals surface area (Å²) in [5.41, 5.74) is 4.53. The number of nitrogens with one attached hydrogen (secondary N) is 1. The van der Waals surface area contributed by atoms with Crippen LogP contribution in [0.3, 0.4) is 0 Å². The monoisotopic (exact) mass is 378 g/mol. The van der Waals surface area contributed by atoms with Gasteiger partial charge in [0.2, 0.25) is 0 Å². The molecule has 0 spiro atoms. The van der Waals surface area contributed by atoms with Gasteiger partial charge in [-0.25, -0.2) is 0 Å². The molecular formula is C21H19ClN4O. The Morgan fingerprint density at radius 2 is 1.93 bits per heavy atom. The smallest absolute Gasteiger partial charge is 0.272 e. The molecule has 4 aromatic rings. The lowest BCUT2D eigenvalue weighted by atomic mass is 10.1. The molecule has 2 aromatic heterocycles. The Hall–Kier alpha value is -3.05. The molecule has 1 amide bonds. The SMILES string of the molecule is Cc1ccc(Cn2cc(NC(=O)c3cc4ccc(Cl)cc4n3C)cn2)cc1. The van der Waals surface area contributed by atoms with Crippen LogP contribution in [0.5, 0.6) is 0 Å². The molecule has 0 radical (unpaired) electrons. The van der Waals surface area contributed by atoms with Crippen LogP contribution in [0.4, 0.5) is 5.69 Å². The second kappa shape index (κ2) is 6.93. The van der Waals surface area contributed by atoms with E-state index < -0.39 is 0 Å². The highest BCUT2D eigenvalue weighted by Crippen LogP contribution is 2.23.